The number of halogens is 1. The van der Waals surface area contributed by atoms with Crippen LogP contribution in [-0.2, 0) is 17.8 Å². The number of benzene rings is 2. The Kier molecular flexibility index (Phi) is 8.44. The van der Waals surface area contributed by atoms with Crippen molar-refractivity contribution in [3.8, 4) is 22.8 Å². The van der Waals surface area contributed by atoms with Gasteiger partial charge in [-0.25, -0.2) is 9.97 Å². The molecular weight excluding hydrogens is 544 g/mol. The van der Waals surface area contributed by atoms with Gasteiger partial charge in [-0.05, 0) is 34.9 Å². The molecule has 3 heterocycles. The summed E-state index contributed by atoms with van der Waals surface area (Å²) in [5.41, 5.74) is 4.31. The van der Waals surface area contributed by atoms with Gasteiger partial charge in [-0.3, -0.25) is 9.59 Å². The normalized spacial score (nSPS) is 11.8. The standard InChI is InChI=1S/C29H27ClN8O3/c1-2-11-38-17-19(29(41)33-25(14-26(39)40)23-9-5-6-10-24(23)30)13-20(38)12-18-15-31-27(32-16-18)21-7-3-4-8-22(21)28-34-36-37-35-28/h3-10,13,15-17,25H,2,11-12,14H2,1H3,(H,33,41)(H,39,40)(H,34,35,36,37). The fraction of sp³-hybridized carbons (Fsp3) is 0.207. The van der Waals surface area contributed by atoms with Crippen LogP contribution in [0.3, 0.4) is 0 Å². The summed E-state index contributed by atoms with van der Waals surface area (Å²) in [6.07, 6.45) is 6.39. The van der Waals surface area contributed by atoms with E-state index >= 15 is 0 Å². The summed E-state index contributed by atoms with van der Waals surface area (Å²) in [4.78, 5) is 34.0. The molecule has 0 aliphatic heterocycles. The molecule has 11 nitrogen and oxygen atoms in total. The highest BCUT2D eigenvalue weighted by atomic mass is 35.5. The molecule has 0 aliphatic rings. The molecule has 2 aromatic carbocycles. The summed E-state index contributed by atoms with van der Waals surface area (Å²) in [6, 6.07) is 15.5. The second kappa shape index (κ2) is 12.5. The first kappa shape index (κ1) is 27.7. The number of amides is 1. The minimum atomic E-state index is -1.04. The zero-order valence-corrected chi connectivity index (χ0v) is 22.9. The van der Waals surface area contributed by atoms with E-state index in [-0.39, 0.29) is 12.3 Å². The summed E-state index contributed by atoms with van der Waals surface area (Å²) in [5.74, 6) is -0.432. The van der Waals surface area contributed by atoms with Gasteiger partial charge in [0.2, 0.25) is 5.82 Å². The zero-order chi connectivity index (χ0) is 28.8. The maximum atomic E-state index is 13.3. The number of carbonyl (C=O) groups is 2. The third kappa shape index (κ3) is 6.47. The molecular formula is C29H27ClN8O3. The third-order valence-corrected chi connectivity index (χ3v) is 6.87. The average molecular weight is 571 g/mol. The van der Waals surface area contributed by atoms with Crippen LogP contribution in [0.25, 0.3) is 22.8 Å². The third-order valence-electron chi connectivity index (χ3n) is 6.52. The first-order valence-electron chi connectivity index (χ1n) is 13.0. The molecule has 1 amide bonds. The number of hydrogen-bond donors (Lipinski definition) is 3. The first-order valence-corrected chi connectivity index (χ1v) is 13.4. The Morgan fingerprint density at radius 2 is 1.76 bits per heavy atom. The van der Waals surface area contributed by atoms with Crippen molar-refractivity contribution >= 4 is 23.5 Å². The van der Waals surface area contributed by atoms with Crippen LogP contribution in [0.2, 0.25) is 5.02 Å². The van der Waals surface area contributed by atoms with Crippen LogP contribution in [-0.4, -0.2) is 52.1 Å². The minimum Gasteiger partial charge on any atom is -0.481 e. The summed E-state index contributed by atoms with van der Waals surface area (Å²) in [6.45, 7) is 2.77. The Morgan fingerprint density at radius 3 is 2.41 bits per heavy atom. The maximum absolute atomic E-state index is 13.3. The van der Waals surface area contributed by atoms with E-state index in [1.165, 1.54) is 0 Å². The lowest BCUT2D eigenvalue weighted by Crippen LogP contribution is -2.30. The number of aryl methyl sites for hydroxylation is 1. The van der Waals surface area contributed by atoms with Crippen LogP contribution in [0, 0.1) is 0 Å². The summed E-state index contributed by atoms with van der Waals surface area (Å²) >= 11 is 6.31. The number of hydrogen-bond acceptors (Lipinski definition) is 7. The average Bonchev–Trinajstić information content (AvgIpc) is 3.64. The number of carboxylic acid groups (broad SMARTS) is 1. The Hall–Kier alpha value is -4.90. The highest BCUT2D eigenvalue weighted by Crippen LogP contribution is 2.28. The van der Waals surface area contributed by atoms with Gasteiger partial charge in [0.05, 0.1) is 18.0 Å². The van der Waals surface area contributed by atoms with E-state index in [9.17, 15) is 14.7 Å². The van der Waals surface area contributed by atoms with Crippen LogP contribution in [0.5, 0.6) is 0 Å². The largest absolute Gasteiger partial charge is 0.481 e. The van der Waals surface area contributed by atoms with Crippen LogP contribution in [0.4, 0.5) is 0 Å². The van der Waals surface area contributed by atoms with Gasteiger partial charge >= 0.3 is 5.97 Å². The van der Waals surface area contributed by atoms with E-state index in [0.717, 1.165) is 28.8 Å². The van der Waals surface area contributed by atoms with Crippen LogP contribution in [0.1, 0.15) is 53.0 Å². The van der Waals surface area contributed by atoms with Crippen molar-refractivity contribution in [2.45, 2.75) is 38.8 Å². The molecule has 0 bridgehead atoms. The minimum absolute atomic E-state index is 0.294. The Morgan fingerprint density at radius 1 is 1.05 bits per heavy atom. The molecule has 1 atom stereocenters. The fourth-order valence-electron chi connectivity index (χ4n) is 4.63. The predicted octanol–water partition coefficient (Wildman–Crippen LogP) is 4.73. The number of tetrazole rings is 1. The van der Waals surface area contributed by atoms with E-state index in [1.807, 2.05) is 34.9 Å². The van der Waals surface area contributed by atoms with E-state index in [4.69, 9.17) is 11.6 Å². The molecule has 0 radical (unpaired) electrons. The Labute approximate surface area is 240 Å². The van der Waals surface area contributed by atoms with Crippen LogP contribution < -0.4 is 5.32 Å². The van der Waals surface area contributed by atoms with Gasteiger partial charge in [0, 0.05) is 53.4 Å². The van der Waals surface area contributed by atoms with E-state index in [2.05, 4.69) is 42.8 Å². The van der Waals surface area contributed by atoms with Gasteiger partial charge in [0.15, 0.2) is 5.82 Å². The molecule has 1 unspecified atom stereocenters. The highest BCUT2D eigenvalue weighted by molar-refractivity contribution is 6.31. The van der Waals surface area contributed by atoms with Crippen molar-refractivity contribution in [1.29, 1.82) is 0 Å². The van der Waals surface area contributed by atoms with E-state index in [1.54, 1.807) is 42.9 Å². The molecule has 0 saturated carbocycles. The van der Waals surface area contributed by atoms with Crippen molar-refractivity contribution < 1.29 is 14.7 Å². The molecule has 5 rings (SSSR count). The number of rotatable bonds is 11. The maximum Gasteiger partial charge on any atom is 0.305 e. The number of aliphatic carboxylic acids is 1. The Balaban J connectivity index is 1.36. The lowest BCUT2D eigenvalue weighted by Gasteiger charge is -2.18. The monoisotopic (exact) mass is 570 g/mol. The Bertz CT molecular complexity index is 1650. The summed E-state index contributed by atoms with van der Waals surface area (Å²) < 4.78 is 2.02. The topological polar surface area (TPSA) is 152 Å². The molecule has 0 saturated heterocycles. The number of nitrogens with one attached hydrogen (secondary N) is 2. The fourth-order valence-corrected chi connectivity index (χ4v) is 4.90. The first-order chi connectivity index (χ1) is 19.9. The zero-order valence-electron chi connectivity index (χ0n) is 22.2. The predicted molar refractivity (Wildman–Crippen MR) is 152 cm³/mol. The van der Waals surface area contributed by atoms with Crippen molar-refractivity contribution in [1.82, 2.24) is 40.5 Å². The molecule has 41 heavy (non-hydrogen) atoms. The number of H-pyrrole nitrogens is 1. The van der Waals surface area contributed by atoms with Crippen LogP contribution >= 0.6 is 11.6 Å². The molecule has 12 heteroatoms. The molecule has 208 valence electrons. The van der Waals surface area contributed by atoms with Crippen molar-refractivity contribution in [2.24, 2.45) is 0 Å². The van der Waals surface area contributed by atoms with Gasteiger partial charge in [-0.1, -0.05) is 61.0 Å². The molecule has 3 N–H and O–H groups in total. The molecule has 5 aromatic rings. The molecule has 0 spiro atoms. The highest BCUT2D eigenvalue weighted by Gasteiger charge is 2.22. The summed E-state index contributed by atoms with van der Waals surface area (Å²) in [7, 11) is 0. The number of nitrogens with zero attached hydrogens (tertiary/aromatic N) is 6. The van der Waals surface area contributed by atoms with E-state index in [0.29, 0.717) is 40.8 Å². The molecule has 0 fully saturated rings. The lowest BCUT2D eigenvalue weighted by molar-refractivity contribution is -0.137. The summed E-state index contributed by atoms with van der Waals surface area (Å²) in [5, 5.41) is 26.9. The second-order valence-corrected chi connectivity index (χ2v) is 9.84. The van der Waals surface area contributed by atoms with Crippen molar-refractivity contribution in [3.63, 3.8) is 0 Å². The van der Waals surface area contributed by atoms with Crippen molar-refractivity contribution in [2.75, 3.05) is 0 Å². The quantitative estimate of drug-likeness (QED) is 0.206. The second-order valence-electron chi connectivity index (χ2n) is 9.43. The number of carboxylic acids is 1. The SMILES string of the molecule is CCCn1cc(C(=O)NC(CC(=O)O)c2ccccc2Cl)cc1Cc1cnc(-c2ccccc2-c2nn[nH]n2)nc1. The number of aromatic nitrogens is 7. The van der Waals surface area contributed by atoms with Gasteiger partial charge in [0.25, 0.3) is 5.91 Å². The molecule has 0 aliphatic carbocycles. The van der Waals surface area contributed by atoms with E-state index < -0.39 is 12.0 Å². The number of aromatic amines is 1. The number of carbonyl (C=O) groups excluding carboxylic acids is 1. The smallest absolute Gasteiger partial charge is 0.305 e. The van der Waals surface area contributed by atoms with Crippen LogP contribution in [0.15, 0.2) is 73.2 Å². The van der Waals surface area contributed by atoms with Gasteiger partial charge in [0.1, 0.15) is 0 Å². The van der Waals surface area contributed by atoms with Crippen molar-refractivity contribution in [3.05, 3.63) is 101 Å². The van der Waals surface area contributed by atoms with Gasteiger partial charge < -0.3 is 15.0 Å². The lowest BCUT2D eigenvalue weighted by atomic mass is 10.0. The molecule has 3 aromatic heterocycles. The van der Waals surface area contributed by atoms with Gasteiger partial charge in [-0.15, -0.1) is 10.2 Å². The van der Waals surface area contributed by atoms with Gasteiger partial charge in [-0.2, -0.15) is 5.21 Å².